The Balaban J connectivity index is 1.41. The van der Waals surface area contributed by atoms with E-state index in [0.29, 0.717) is 37.0 Å². The number of amides is 2. The van der Waals surface area contributed by atoms with Crippen molar-refractivity contribution in [3.05, 3.63) is 58.7 Å². The van der Waals surface area contributed by atoms with E-state index < -0.39 is 38.1 Å². The van der Waals surface area contributed by atoms with Gasteiger partial charge in [0, 0.05) is 30.9 Å². The second-order valence-electron chi connectivity index (χ2n) is 7.85. The molecule has 2 aromatic carbocycles. The standard InChI is InChI=1S/C21H22B2N2O8/c26-19(14-3-1-12-5-7-32-22(30)16(12)9-14)24-11-18(21(28)29)25-20(27)15-4-2-13-6-8-33-23(31)17(13)10-15/h1-4,9-10,18,30-31H,5-8,11H2,(H,24,26)(H,25,27)(H,28,29). The summed E-state index contributed by atoms with van der Waals surface area (Å²) < 4.78 is 10.3. The number of carbonyl (C=O) groups is 3. The van der Waals surface area contributed by atoms with Gasteiger partial charge in [-0.1, -0.05) is 12.1 Å². The fourth-order valence-corrected chi connectivity index (χ4v) is 3.87. The molecule has 2 amide bonds. The first-order valence-electron chi connectivity index (χ1n) is 10.5. The summed E-state index contributed by atoms with van der Waals surface area (Å²) in [6.07, 6.45) is 1.22. The molecule has 4 rings (SSSR count). The zero-order chi connectivity index (χ0) is 23.5. The Morgan fingerprint density at radius 2 is 1.39 bits per heavy atom. The lowest BCUT2D eigenvalue weighted by Crippen LogP contribution is -2.49. The SMILES string of the molecule is O=C(NCC(NC(=O)c1ccc2c(c1)B(O)OCC2)C(=O)O)c1ccc2c(c1)B(O)OCC2. The molecule has 33 heavy (non-hydrogen) atoms. The summed E-state index contributed by atoms with van der Waals surface area (Å²) in [7, 11) is -2.26. The molecule has 0 aliphatic carbocycles. The highest BCUT2D eigenvalue weighted by atomic mass is 16.5. The van der Waals surface area contributed by atoms with E-state index in [2.05, 4.69) is 10.6 Å². The van der Waals surface area contributed by atoms with Crippen LogP contribution in [0.1, 0.15) is 31.8 Å². The Bertz CT molecular complexity index is 1100. The Hall–Kier alpha value is -3.18. The van der Waals surface area contributed by atoms with Crippen molar-refractivity contribution in [2.75, 3.05) is 19.8 Å². The first-order chi connectivity index (χ1) is 15.8. The van der Waals surface area contributed by atoms with E-state index in [1.165, 1.54) is 12.1 Å². The second kappa shape index (κ2) is 9.75. The van der Waals surface area contributed by atoms with Crippen molar-refractivity contribution in [2.45, 2.75) is 18.9 Å². The Morgan fingerprint density at radius 1 is 0.879 bits per heavy atom. The molecule has 2 aromatic rings. The molecular formula is C21H22B2N2O8. The van der Waals surface area contributed by atoms with Crippen LogP contribution in [-0.2, 0) is 26.9 Å². The van der Waals surface area contributed by atoms with Crippen molar-refractivity contribution in [2.24, 2.45) is 0 Å². The van der Waals surface area contributed by atoms with Crippen LogP contribution in [0.3, 0.4) is 0 Å². The van der Waals surface area contributed by atoms with Crippen LogP contribution in [0.15, 0.2) is 36.4 Å². The highest BCUT2D eigenvalue weighted by molar-refractivity contribution is 6.61. The van der Waals surface area contributed by atoms with Crippen LogP contribution in [0, 0.1) is 0 Å². The molecule has 2 heterocycles. The predicted octanol–water partition coefficient (Wildman–Crippen LogP) is -2.18. The number of rotatable bonds is 6. The van der Waals surface area contributed by atoms with Crippen molar-refractivity contribution >= 4 is 42.9 Å². The smallest absolute Gasteiger partial charge is 0.480 e. The first-order valence-corrected chi connectivity index (χ1v) is 10.5. The maximum Gasteiger partial charge on any atom is 0.491 e. The largest absolute Gasteiger partial charge is 0.491 e. The summed E-state index contributed by atoms with van der Waals surface area (Å²) in [6, 6.07) is 8.13. The Kier molecular flexibility index (Phi) is 6.80. The summed E-state index contributed by atoms with van der Waals surface area (Å²) in [5, 5.41) is 34.3. The molecular weight excluding hydrogens is 430 g/mol. The number of aliphatic carboxylic acids is 1. The van der Waals surface area contributed by atoms with E-state index >= 15 is 0 Å². The molecule has 0 saturated heterocycles. The third kappa shape index (κ3) is 5.09. The van der Waals surface area contributed by atoms with Crippen molar-refractivity contribution in [3.63, 3.8) is 0 Å². The van der Waals surface area contributed by atoms with Crippen molar-refractivity contribution < 1.29 is 38.8 Å². The van der Waals surface area contributed by atoms with Crippen LogP contribution >= 0.6 is 0 Å². The van der Waals surface area contributed by atoms with Crippen LogP contribution in [0.5, 0.6) is 0 Å². The summed E-state index contributed by atoms with van der Waals surface area (Å²) in [5.41, 5.74) is 3.09. The van der Waals surface area contributed by atoms with Gasteiger partial charge in [0.15, 0.2) is 0 Å². The van der Waals surface area contributed by atoms with Crippen LogP contribution in [0.2, 0.25) is 0 Å². The number of carboxylic acid groups (broad SMARTS) is 1. The Labute approximate surface area is 190 Å². The van der Waals surface area contributed by atoms with Crippen molar-refractivity contribution in [1.82, 2.24) is 10.6 Å². The summed E-state index contributed by atoms with van der Waals surface area (Å²) in [4.78, 5) is 36.8. The number of nitrogens with one attached hydrogen (secondary N) is 2. The van der Waals surface area contributed by atoms with Gasteiger partial charge in [0.25, 0.3) is 11.8 Å². The molecule has 170 valence electrons. The van der Waals surface area contributed by atoms with Crippen LogP contribution in [0.25, 0.3) is 0 Å². The lowest BCUT2D eigenvalue weighted by atomic mass is 9.73. The van der Waals surface area contributed by atoms with Crippen LogP contribution < -0.4 is 21.6 Å². The van der Waals surface area contributed by atoms with Gasteiger partial charge in [-0.15, -0.1) is 0 Å². The maximum absolute atomic E-state index is 12.6. The molecule has 0 bridgehead atoms. The average Bonchev–Trinajstić information content (AvgIpc) is 2.81. The van der Waals surface area contributed by atoms with Gasteiger partial charge in [0.2, 0.25) is 0 Å². The van der Waals surface area contributed by atoms with Gasteiger partial charge in [-0.25, -0.2) is 4.79 Å². The van der Waals surface area contributed by atoms with E-state index in [-0.39, 0.29) is 17.7 Å². The molecule has 1 atom stereocenters. The molecule has 0 radical (unpaired) electrons. The lowest BCUT2D eigenvalue weighted by Gasteiger charge is -2.21. The second-order valence-corrected chi connectivity index (χ2v) is 7.85. The minimum Gasteiger partial charge on any atom is -0.480 e. The van der Waals surface area contributed by atoms with E-state index in [1.807, 2.05) is 0 Å². The molecule has 0 fully saturated rings. The normalized spacial score (nSPS) is 15.8. The van der Waals surface area contributed by atoms with Crippen LogP contribution in [-0.4, -0.2) is 73.0 Å². The molecule has 10 nitrogen and oxygen atoms in total. The number of carbonyl (C=O) groups excluding carboxylic acids is 2. The summed E-state index contributed by atoms with van der Waals surface area (Å²) in [5.74, 6) is -2.53. The minimum absolute atomic E-state index is 0.166. The minimum atomic E-state index is -1.38. The number of hydrogen-bond acceptors (Lipinski definition) is 7. The predicted molar refractivity (Wildman–Crippen MR) is 119 cm³/mol. The van der Waals surface area contributed by atoms with Crippen LogP contribution in [0.4, 0.5) is 0 Å². The molecule has 0 aromatic heterocycles. The fourth-order valence-electron chi connectivity index (χ4n) is 3.87. The fraction of sp³-hybridized carbons (Fsp3) is 0.286. The van der Waals surface area contributed by atoms with E-state index in [9.17, 15) is 29.5 Å². The highest BCUT2D eigenvalue weighted by Gasteiger charge is 2.28. The molecule has 0 spiro atoms. The molecule has 1 unspecified atom stereocenters. The van der Waals surface area contributed by atoms with Gasteiger partial charge in [-0.2, -0.15) is 0 Å². The topological polar surface area (TPSA) is 154 Å². The van der Waals surface area contributed by atoms with Gasteiger partial charge >= 0.3 is 20.2 Å². The highest BCUT2D eigenvalue weighted by Crippen LogP contribution is 2.11. The zero-order valence-corrected chi connectivity index (χ0v) is 17.6. The molecule has 2 aliphatic rings. The van der Waals surface area contributed by atoms with Gasteiger partial charge < -0.3 is 35.1 Å². The zero-order valence-electron chi connectivity index (χ0n) is 17.6. The van der Waals surface area contributed by atoms with Gasteiger partial charge in [0.1, 0.15) is 6.04 Å². The van der Waals surface area contributed by atoms with E-state index in [0.717, 1.165) is 11.1 Å². The summed E-state index contributed by atoms with van der Waals surface area (Å²) >= 11 is 0. The van der Waals surface area contributed by atoms with E-state index in [1.54, 1.807) is 24.3 Å². The molecule has 2 aliphatic heterocycles. The van der Waals surface area contributed by atoms with Gasteiger partial charge in [-0.05, 0) is 59.2 Å². The number of hydrogen-bond donors (Lipinski definition) is 5. The molecule has 0 saturated carbocycles. The molecule has 5 N–H and O–H groups in total. The number of carboxylic acids is 1. The first kappa shape index (κ1) is 23.0. The maximum atomic E-state index is 12.6. The lowest BCUT2D eigenvalue weighted by molar-refractivity contribution is -0.139. The van der Waals surface area contributed by atoms with Crippen molar-refractivity contribution in [3.8, 4) is 0 Å². The third-order valence-corrected chi connectivity index (χ3v) is 5.71. The van der Waals surface area contributed by atoms with Gasteiger partial charge in [-0.3, -0.25) is 9.59 Å². The van der Waals surface area contributed by atoms with Gasteiger partial charge in [0.05, 0.1) is 0 Å². The average molecular weight is 452 g/mol. The molecule has 12 heteroatoms. The number of benzene rings is 2. The summed E-state index contributed by atoms with van der Waals surface area (Å²) in [6.45, 7) is 0.402. The monoisotopic (exact) mass is 452 g/mol. The number of fused-ring (bicyclic) bond motifs is 2. The van der Waals surface area contributed by atoms with E-state index in [4.69, 9.17) is 9.31 Å². The Morgan fingerprint density at radius 3 is 1.91 bits per heavy atom. The quantitative estimate of drug-likeness (QED) is 0.310. The third-order valence-electron chi connectivity index (χ3n) is 5.71. The van der Waals surface area contributed by atoms with Crippen molar-refractivity contribution in [1.29, 1.82) is 0 Å².